The van der Waals surface area contributed by atoms with E-state index in [0.29, 0.717) is 26.4 Å². The highest BCUT2D eigenvalue weighted by Crippen LogP contribution is 2.33. The second kappa shape index (κ2) is 6.22. The van der Waals surface area contributed by atoms with E-state index in [4.69, 9.17) is 35.4 Å². The molecule has 112 valence electrons. The maximum atomic E-state index is 12.5. The topological polar surface area (TPSA) is 44.4 Å². The van der Waals surface area contributed by atoms with Gasteiger partial charge in [-0.2, -0.15) is 0 Å². The normalized spacial score (nSPS) is 18.1. The molecule has 0 aromatic heterocycles. The number of amides is 1. The summed E-state index contributed by atoms with van der Waals surface area (Å²) in [6, 6.07) is 4.78. The lowest BCUT2D eigenvalue weighted by atomic mass is 9.94. The van der Waals surface area contributed by atoms with Crippen LogP contribution in [0.15, 0.2) is 29.5 Å². The lowest BCUT2D eigenvalue weighted by Crippen LogP contribution is -2.46. The van der Waals surface area contributed by atoms with Crippen molar-refractivity contribution in [2.24, 2.45) is 0 Å². The number of nitrogens with one attached hydrogen (secondary N) is 2. The zero-order valence-electron chi connectivity index (χ0n) is 11.8. The van der Waals surface area contributed by atoms with Crippen molar-refractivity contribution in [3.05, 3.63) is 45.1 Å². The Balaban J connectivity index is 2.55. The summed E-state index contributed by atoms with van der Waals surface area (Å²) in [7, 11) is 3.41. The number of hydrogen-bond acceptors (Lipinski definition) is 2. The fourth-order valence-corrected chi connectivity index (χ4v) is 2.98. The molecule has 1 atom stereocenters. The number of thiocarbonyl (C=S) groups is 1. The number of hydrogen-bond donors (Lipinski definition) is 2. The lowest BCUT2D eigenvalue weighted by molar-refractivity contribution is -0.125. The van der Waals surface area contributed by atoms with Gasteiger partial charge in [0.05, 0.1) is 11.6 Å². The number of carbonyl (C=O) groups excluding carboxylic acids is 1. The molecule has 7 heteroatoms. The zero-order chi connectivity index (χ0) is 15.7. The summed E-state index contributed by atoms with van der Waals surface area (Å²) in [5.74, 6) is -0.106. The van der Waals surface area contributed by atoms with Gasteiger partial charge in [0.2, 0.25) is 0 Å². The molecule has 1 heterocycles. The molecule has 0 aliphatic carbocycles. The van der Waals surface area contributed by atoms with Crippen LogP contribution in [0, 0.1) is 0 Å². The molecule has 0 radical (unpaired) electrons. The Morgan fingerprint density at radius 3 is 2.57 bits per heavy atom. The summed E-state index contributed by atoms with van der Waals surface area (Å²) >= 11 is 17.4. The maximum Gasteiger partial charge on any atom is 0.253 e. The van der Waals surface area contributed by atoms with Crippen molar-refractivity contribution in [2.45, 2.75) is 13.0 Å². The van der Waals surface area contributed by atoms with Gasteiger partial charge in [-0.1, -0.05) is 29.3 Å². The van der Waals surface area contributed by atoms with Crippen molar-refractivity contribution in [1.29, 1.82) is 0 Å². The van der Waals surface area contributed by atoms with E-state index in [1.54, 1.807) is 32.3 Å². The number of allylic oxidation sites excluding steroid dienone is 1. The second-order valence-electron chi connectivity index (χ2n) is 4.94. The first kappa shape index (κ1) is 16.1. The summed E-state index contributed by atoms with van der Waals surface area (Å²) in [6.07, 6.45) is 0. The monoisotopic (exact) mass is 343 g/mol. The summed E-state index contributed by atoms with van der Waals surface area (Å²) in [5, 5.41) is 7.56. The highest BCUT2D eigenvalue weighted by atomic mass is 35.5. The summed E-state index contributed by atoms with van der Waals surface area (Å²) in [4.78, 5) is 14.0. The number of likely N-dealkylation sites (N-methyl/N-ethyl adjacent to an activating group) is 1. The van der Waals surface area contributed by atoms with Gasteiger partial charge in [0.25, 0.3) is 5.91 Å². The maximum absolute atomic E-state index is 12.5. The lowest BCUT2D eigenvalue weighted by Gasteiger charge is -2.32. The van der Waals surface area contributed by atoms with E-state index in [1.807, 2.05) is 6.92 Å². The van der Waals surface area contributed by atoms with Crippen LogP contribution in [-0.2, 0) is 4.79 Å². The predicted octanol–water partition coefficient (Wildman–Crippen LogP) is 2.87. The third kappa shape index (κ3) is 3.31. The van der Waals surface area contributed by atoms with E-state index in [2.05, 4.69) is 10.6 Å². The van der Waals surface area contributed by atoms with Gasteiger partial charge >= 0.3 is 0 Å². The molecule has 0 saturated heterocycles. The number of nitrogens with zero attached hydrogens (tertiary/aromatic N) is 1. The average molecular weight is 344 g/mol. The van der Waals surface area contributed by atoms with Crippen LogP contribution in [-0.4, -0.2) is 30.0 Å². The summed E-state index contributed by atoms with van der Waals surface area (Å²) in [6.45, 7) is 1.82. The van der Waals surface area contributed by atoms with E-state index in [1.165, 1.54) is 4.90 Å². The largest absolute Gasteiger partial charge is 0.351 e. The van der Waals surface area contributed by atoms with Gasteiger partial charge in [-0.3, -0.25) is 4.79 Å². The Morgan fingerprint density at radius 1 is 1.33 bits per heavy atom. The first-order chi connectivity index (χ1) is 9.81. The summed E-state index contributed by atoms with van der Waals surface area (Å²) < 4.78 is 0. The molecule has 0 bridgehead atoms. The molecule has 2 rings (SSSR count). The Bertz CT molecular complexity index is 643. The van der Waals surface area contributed by atoms with Gasteiger partial charge in [0, 0.05) is 29.8 Å². The first-order valence-corrected chi connectivity index (χ1v) is 7.42. The fraction of sp³-hybridized carbons (Fsp3) is 0.286. The van der Waals surface area contributed by atoms with Crippen LogP contribution in [0.4, 0.5) is 0 Å². The van der Waals surface area contributed by atoms with Gasteiger partial charge in [-0.25, -0.2) is 0 Å². The average Bonchev–Trinajstić information content (AvgIpc) is 2.37. The Kier molecular flexibility index (Phi) is 4.76. The second-order valence-corrected chi connectivity index (χ2v) is 6.19. The van der Waals surface area contributed by atoms with E-state index in [9.17, 15) is 4.79 Å². The van der Waals surface area contributed by atoms with E-state index in [-0.39, 0.29) is 5.91 Å². The molecule has 1 amide bonds. The summed E-state index contributed by atoms with van der Waals surface area (Å²) in [5.41, 5.74) is 2.06. The van der Waals surface area contributed by atoms with E-state index in [0.717, 1.165) is 5.56 Å². The smallest absolute Gasteiger partial charge is 0.253 e. The van der Waals surface area contributed by atoms with Crippen LogP contribution < -0.4 is 10.6 Å². The Labute approximate surface area is 139 Å². The van der Waals surface area contributed by atoms with Crippen molar-refractivity contribution in [3.8, 4) is 0 Å². The Morgan fingerprint density at radius 2 is 2.00 bits per heavy atom. The van der Waals surface area contributed by atoms with E-state index >= 15 is 0 Å². The molecule has 0 saturated carbocycles. The van der Waals surface area contributed by atoms with Gasteiger partial charge < -0.3 is 15.5 Å². The molecule has 0 fully saturated rings. The zero-order valence-corrected chi connectivity index (χ0v) is 14.2. The van der Waals surface area contributed by atoms with Gasteiger partial charge in [-0.15, -0.1) is 0 Å². The minimum Gasteiger partial charge on any atom is -0.351 e. The van der Waals surface area contributed by atoms with Crippen LogP contribution in [0.3, 0.4) is 0 Å². The third-order valence-corrected chi connectivity index (χ3v) is 3.96. The minimum absolute atomic E-state index is 0.106. The standard InChI is InChI=1S/C14H15Cl2N3OS/c1-7-11(13(20)19(2)3)12(18-14(21)17-7)9-5-4-8(15)6-10(9)16/h4-6,12H,1-3H3,(H2,17,18,21). The van der Waals surface area contributed by atoms with Crippen LogP contribution >= 0.6 is 35.4 Å². The highest BCUT2D eigenvalue weighted by molar-refractivity contribution is 7.80. The predicted molar refractivity (Wildman–Crippen MR) is 89.5 cm³/mol. The number of carbonyl (C=O) groups is 1. The van der Waals surface area contributed by atoms with Crippen molar-refractivity contribution in [3.63, 3.8) is 0 Å². The molecule has 1 aliphatic heterocycles. The third-order valence-electron chi connectivity index (χ3n) is 3.18. The van der Waals surface area contributed by atoms with Crippen molar-refractivity contribution in [2.75, 3.05) is 14.1 Å². The first-order valence-electron chi connectivity index (χ1n) is 6.26. The van der Waals surface area contributed by atoms with Crippen LogP contribution in [0.1, 0.15) is 18.5 Å². The van der Waals surface area contributed by atoms with Crippen molar-refractivity contribution >= 4 is 46.4 Å². The van der Waals surface area contributed by atoms with Gasteiger partial charge in [0.1, 0.15) is 0 Å². The van der Waals surface area contributed by atoms with Crippen molar-refractivity contribution in [1.82, 2.24) is 15.5 Å². The molecule has 1 aromatic carbocycles. The molecule has 1 aromatic rings. The van der Waals surface area contributed by atoms with Crippen LogP contribution in [0.5, 0.6) is 0 Å². The number of benzene rings is 1. The minimum atomic E-state index is -0.404. The SMILES string of the molecule is CC1=C(C(=O)N(C)C)C(c2ccc(Cl)cc2Cl)NC(=S)N1. The van der Waals surface area contributed by atoms with Gasteiger partial charge in [-0.05, 0) is 36.8 Å². The fourth-order valence-electron chi connectivity index (χ4n) is 2.19. The highest BCUT2D eigenvalue weighted by Gasteiger charge is 2.31. The van der Waals surface area contributed by atoms with E-state index < -0.39 is 6.04 Å². The van der Waals surface area contributed by atoms with Crippen LogP contribution in [0.25, 0.3) is 0 Å². The molecular formula is C14H15Cl2N3OS. The quantitative estimate of drug-likeness (QED) is 0.810. The number of halogens is 2. The molecule has 0 spiro atoms. The molecule has 1 aliphatic rings. The van der Waals surface area contributed by atoms with Crippen molar-refractivity contribution < 1.29 is 4.79 Å². The number of rotatable bonds is 2. The van der Waals surface area contributed by atoms with Crippen LogP contribution in [0.2, 0.25) is 10.0 Å². The molecular weight excluding hydrogens is 329 g/mol. The molecule has 1 unspecified atom stereocenters. The molecule has 21 heavy (non-hydrogen) atoms. The Hall–Kier alpha value is -1.30. The molecule has 2 N–H and O–H groups in total. The molecule has 4 nitrogen and oxygen atoms in total. The van der Waals surface area contributed by atoms with Gasteiger partial charge in [0.15, 0.2) is 5.11 Å².